The summed E-state index contributed by atoms with van der Waals surface area (Å²) < 4.78 is 11.0. The number of carbonyl (C=O) groups excluding carboxylic acids is 2. The van der Waals surface area contributed by atoms with Crippen LogP contribution in [0.2, 0.25) is 0 Å². The van der Waals surface area contributed by atoms with Crippen molar-refractivity contribution in [2.24, 2.45) is 11.8 Å². The number of ether oxygens (including phenoxy) is 2. The lowest BCUT2D eigenvalue weighted by atomic mass is 9.81. The van der Waals surface area contributed by atoms with Gasteiger partial charge in [-0.25, -0.2) is 0 Å². The Morgan fingerprint density at radius 1 is 1.22 bits per heavy atom. The van der Waals surface area contributed by atoms with Gasteiger partial charge in [-0.3, -0.25) is 9.59 Å². The lowest BCUT2D eigenvalue weighted by Crippen LogP contribution is -2.57. The van der Waals surface area contributed by atoms with E-state index in [9.17, 15) is 9.59 Å². The van der Waals surface area contributed by atoms with Gasteiger partial charge >= 0.3 is 5.97 Å². The van der Waals surface area contributed by atoms with E-state index in [1.807, 2.05) is 13.8 Å². The molecule has 0 bridgehead atoms. The van der Waals surface area contributed by atoms with Crippen LogP contribution in [0.25, 0.3) is 0 Å². The third-order valence-electron chi connectivity index (χ3n) is 3.64. The van der Waals surface area contributed by atoms with Crippen molar-refractivity contribution in [3.63, 3.8) is 0 Å². The number of hydrogen-bond donors (Lipinski definition) is 1. The summed E-state index contributed by atoms with van der Waals surface area (Å²) in [6, 6.07) is -0.288. The summed E-state index contributed by atoms with van der Waals surface area (Å²) in [6.07, 6.45) is 0.215. The molecule has 5 heteroatoms. The first-order chi connectivity index (χ1) is 8.36. The quantitative estimate of drug-likeness (QED) is 0.777. The topological polar surface area (TPSA) is 64.6 Å². The lowest BCUT2D eigenvalue weighted by molar-refractivity contribution is -0.231. The molecule has 5 atom stereocenters. The highest BCUT2D eigenvalue weighted by atomic mass is 16.7. The van der Waals surface area contributed by atoms with Crippen LogP contribution in [0.15, 0.2) is 0 Å². The molecular weight excluding hydrogens is 234 g/mol. The van der Waals surface area contributed by atoms with Crippen LogP contribution in [0.3, 0.4) is 0 Å². The zero-order chi connectivity index (χ0) is 13.9. The van der Waals surface area contributed by atoms with Gasteiger partial charge in [0.2, 0.25) is 12.2 Å². The van der Waals surface area contributed by atoms with Crippen molar-refractivity contribution < 1.29 is 19.1 Å². The molecule has 0 unspecified atom stereocenters. The molecule has 1 amide bonds. The van der Waals surface area contributed by atoms with Gasteiger partial charge in [-0.05, 0) is 18.3 Å². The molecule has 18 heavy (non-hydrogen) atoms. The predicted octanol–water partition coefficient (Wildman–Crippen LogP) is 1.46. The van der Waals surface area contributed by atoms with Crippen LogP contribution in [0.1, 0.15) is 41.0 Å². The van der Waals surface area contributed by atoms with Gasteiger partial charge in [0.1, 0.15) is 0 Å². The molecule has 5 nitrogen and oxygen atoms in total. The SMILES string of the molecule is CC[C@H]1O[C@@H](OC(C)=O)[C@H](NC(C)=O)[C@@H](C)[C@@H]1C. The number of hydrogen-bond acceptors (Lipinski definition) is 4. The number of nitrogens with one attached hydrogen (secondary N) is 1. The maximum absolute atomic E-state index is 11.2. The fraction of sp³-hybridized carbons (Fsp3) is 0.846. The minimum absolute atomic E-state index is 0.0503. The largest absolute Gasteiger partial charge is 0.434 e. The van der Waals surface area contributed by atoms with Crippen LogP contribution < -0.4 is 5.32 Å². The first-order valence-electron chi connectivity index (χ1n) is 6.46. The highest BCUT2D eigenvalue weighted by molar-refractivity contribution is 5.73. The Balaban J connectivity index is 2.86. The van der Waals surface area contributed by atoms with E-state index in [-0.39, 0.29) is 24.0 Å². The minimum Gasteiger partial charge on any atom is -0.434 e. The molecule has 1 aliphatic rings. The van der Waals surface area contributed by atoms with Gasteiger partial charge in [0.05, 0.1) is 12.1 Å². The van der Waals surface area contributed by atoms with E-state index in [1.54, 1.807) is 0 Å². The molecule has 1 heterocycles. The molecule has 1 rings (SSSR count). The summed E-state index contributed by atoms with van der Waals surface area (Å²) in [7, 11) is 0. The molecule has 1 aliphatic heterocycles. The molecule has 0 aromatic rings. The van der Waals surface area contributed by atoms with E-state index in [1.165, 1.54) is 13.8 Å². The van der Waals surface area contributed by atoms with Gasteiger partial charge in [-0.15, -0.1) is 0 Å². The fourth-order valence-corrected chi connectivity index (χ4v) is 2.46. The molecule has 0 aromatic heterocycles. The minimum atomic E-state index is -0.692. The van der Waals surface area contributed by atoms with Crippen LogP contribution in [-0.2, 0) is 19.1 Å². The number of amides is 1. The lowest BCUT2D eigenvalue weighted by Gasteiger charge is -2.44. The summed E-state index contributed by atoms with van der Waals surface area (Å²) in [5.74, 6) is -0.0442. The molecule has 0 spiro atoms. The monoisotopic (exact) mass is 257 g/mol. The standard InChI is InChI=1S/C13H23NO4/c1-6-11-7(2)8(3)12(14-9(4)15)13(18-11)17-10(5)16/h7-8,11-13H,6H2,1-5H3,(H,14,15)/t7-,8-,11+,12+,13+/m0/s1. The Morgan fingerprint density at radius 2 is 1.83 bits per heavy atom. The van der Waals surface area contributed by atoms with Crippen LogP contribution in [0.4, 0.5) is 0 Å². The number of esters is 1. The van der Waals surface area contributed by atoms with Gasteiger partial charge in [0.25, 0.3) is 0 Å². The van der Waals surface area contributed by atoms with Crippen LogP contribution in [-0.4, -0.2) is 30.3 Å². The van der Waals surface area contributed by atoms with Gasteiger partial charge in [-0.2, -0.15) is 0 Å². The van der Waals surface area contributed by atoms with Gasteiger partial charge < -0.3 is 14.8 Å². The van der Waals surface area contributed by atoms with E-state index in [0.717, 1.165) is 6.42 Å². The second-order valence-electron chi connectivity index (χ2n) is 5.01. The Bertz CT molecular complexity index is 318. The van der Waals surface area contributed by atoms with E-state index in [4.69, 9.17) is 9.47 Å². The molecule has 1 saturated heterocycles. The highest BCUT2D eigenvalue weighted by Gasteiger charge is 2.42. The average Bonchev–Trinajstić information content (AvgIpc) is 2.27. The molecule has 1 fully saturated rings. The maximum atomic E-state index is 11.2. The second-order valence-corrected chi connectivity index (χ2v) is 5.01. The Morgan fingerprint density at radius 3 is 2.28 bits per heavy atom. The van der Waals surface area contributed by atoms with Crippen molar-refractivity contribution in [1.29, 1.82) is 0 Å². The zero-order valence-electron chi connectivity index (χ0n) is 11.7. The predicted molar refractivity (Wildman–Crippen MR) is 66.7 cm³/mol. The Labute approximate surface area is 108 Å². The summed E-state index contributed by atoms with van der Waals surface area (Å²) in [6.45, 7) is 8.98. The first-order valence-corrected chi connectivity index (χ1v) is 6.46. The first kappa shape index (κ1) is 15.0. The molecular formula is C13H23NO4. The van der Waals surface area contributed by atoms with Crippen LogP contribution in [0, 0.1) is 11.8 Å². The maximum Gasteiger partial charge on any atom is 0.305 e. The molecule has 104 valence electrons. The Hall–Kier alpha value is -1.10. The van der Waals surface area contributed by atoms with Crippen molar-refractivity contribution in [1.82, 2.24) is 5.32 Å². The van der Waals surface area contributed by atoms with Crippen molar-refractivity contribution in [2.75, 3.05) is 0 Å². The van der Waals surface area contributed by atoms with E-state index in [2.05, 4.69) is 12.2 Å². The molecule has 0 radical (unpaired) electrons. The summed E-state index contributed by atoms with van der Waals surface area (Å²) in [4.78, 5) is 22.4. The van der Waals surface area contributed by atoms with Crippen molar-refractivity contribution in [3.8, 4) is 0 Å². The Kier molecular flexibility index (Phi) is 5.14. The average molecular weight is 257 g/mol. The normalized spacial score (nSPS) is 35.9. The second kappa shape index (κ2) is 6.18. The highest BCUT2D eigenvalue weighted by Crippen LogP contribution is 2.32. The summed E-state index contributed by atoms with van der Waals surface area (Å²) >= 11 is 0. The van der Waals surface area contributed by atoms with Crippen LogP contribution in [0.5, 0.6) is 0 Å². The third kappa shape index (κ3) is 3.45. The zero-order valence-corrected chi connectivity index (χ0v) is 11.7. The van der Waals surface area contributed by atoms with Gasteiger partial charge in [-0.1, -0.05) is 20.8 Å². The smallest absolute Gasteiger partial charge is 0.305 e. The van der Waals surface area contributed by atoms with Crippen molar-refractivity contribution in [2.45, 2.75) is 59.5 Å². The third-order valence-corrected chi connectivity index (χ3v) is 3.64. The van der Waals surface area contributed by atoms with Gasteiger partial charge in [0.15, 0.2) is 0 Å². The van der Waals surface area contributed by atoms with Crippen molar-refractivity contribution in [3.05, 3.63) is 0 Å². The van der Waals surface area contributed by atoms with E-state index in [0.29, 0.717) is 5.92 Å². The van der Waals surface area contributed by atoms with E-state index >= 15 is 0 Å². The van der Waals surface area contributed by atoms with Crippen LogP contribution >= 0.6 is 0 Å². The molecule has 0 saturated carbocycles. The number of carbonyl (C=O) groups is 2. The summed E-state index contributed by atoms with van der Waals surface area (Å²) in [5.41, 5.74) is 0. The fourth-order valence-electron chi connectivity index (χ4n) is 2.46. The van der Waals surface area contributed by atoms with E-state index < -0.39 is 12.3 Å². The number of rotatable bonds is 3. The summed E-state index contributed by atoms with van der Waals surface area (Å²) in [5, 5.41) is 2.82. The molecule has 0 aliphatic carbocycles. The molecule has 0 aromatic carbocycles. The molecule has 1 N–H and O–H groups in total. The van der Waals surface area contributed by atoms with Crippen molar-refractivity contribution >= 4 is 11.9 Å². The van der Waals surface area contributed by atoms with Gasteiger partial charge in [0, 0.05) is 13.8 Å².